The molecule has 0 aromatic heterocycles. The summed E-state index contributed by atoms with van der Waals surface area (Å²) in [6, 6.07) is 17.3. The lowest BCUT2D eigenvalue weighted by atomic mass is 10.0. The quantitative estimate of drug-likeness (QED) is 0.784. The van der Waals surface area contributed by atoms with Gasteiger partial charge in [0, 0.05) is 24.6 Å². The van der Waals surface area contributed by atoms with E-state index in [1.54, 1.807) is 0 Å². The van der Waals surface area contributed by atoms with Crippen LogP contribution in [-0.4, -0.2) is 12.5 Å². The molecule has 3 rings (SSSR count). The third-order valence-electron chi connectivity index (χ3n) is 4.25. The van der Waals surface area contributed by atoms with Crippen molar-refractivity contribution in [1.82, 2.24) is 5.32 Å². The van der Waals surface area contributed by atoms with E-state index in [1.807, 2.05) is 54.6 Å². The standard InChI is InChI=1S/C20H24N2O2/c21-18(16-6-2-1-3-7-16)12-20(23)22-13-17-8-4-5-9-19(17)24-14-15-10-11-15/h1-9,15,18H,10-14,21H2,(H,22,23). The molecule has 2 aromatic carbocycles. The number of amides is 1. The van der Waals surface area contributed by atoms with Gasteiger partial charge in [0.1, 0.15) is 5.75 Å². The molecule has 126 valence electrons. The number of hydrogen-bond donors (Lipinski definition) is 2. The zero-order valence-electron chi connectivity index (χ0n) is 13.8. The number of para-hydroxylation sites is 1. The summed E-state index contributed by atoms with van der Waals surface area (Å²) in [7, 11) is 0. The van der Waals surface area contributed by atoms with Crippen molar-refractivity contribution in [3.8, 4) is 5.75 Å². The minimum Gasteiger partial charge on any atom is -0.493 e. The number of rotatable bonds is 8. The fraction of sp³-hybridized carbons (Fsp3) is 0.350. The second-order valence-corrected chi connectivity index (χ2v) is 6.36. The molecular formula is C20H24N2O2. The van der Waals surface area contributed by atoms with E-state index in [0.717, 1.165) is 23.5 Å². The van der Waals surface area contributed by atoms with Gasteiger partial charge >= 0.3 is 0 Å². The van der Waals surface area contributed by atoms with E-state index in [1.165, 1.54) is 12.8 Å². The molecule has 0 saturated heterocycles. The molecule has 1 aliphatic carbocycles. The molecule has 1 fully saturated rings. The molecule has 0 heterocycles. The lowest BCUT2D eigenvalue weighted by Gasteiger charge is -2.14. The second kappa shape index (κ2) is 7.97. The van der Waals surface area contributed by atoms with Crippen LogP contribution in [0.5, 0.6) is 5.75 Å². The summed E-state index contributed by atoms with van der Waals surface area (Å²) >= 11 is 0. The predicted molar refractivity (Wildman–Crippen MR) is 94.5 cm³/mol. The molecule has 2 aromatic rings. The molecule has 4 nitrogen and oxygen atoms in total. The number of carbonyl (C=O) groups is 1. The van der Waals surface area contributed by atoms with Gasteiger partial charge in [0.05, 0.1) is 6.61 Å². The Kier molecular flexibility index (Phi) is 5.49. The van der Waals surface area contributed by atoms with E-state index >= 15 is 0 Å². The summed E-state index contributed by atoms with van der Waals surface area (Å²) in [6.07, 6.45) is 2.79. The van der Waals surface area contributed by atoms with Crippen molar-refractivity contribution in [2.45, 2.75) is 31.8 Å². The number of nitrogens with two attached hydrogens (primary N) is 1. The first-order valence-electron chi connectivity index (χ1n) is 8.50. The topological polar surface area (TPSA) is 64.4 Å². The molecule has 0 bridgehead atoms. The average molecular weight is 324 g/mol. The Morgan fingerprint density at radius 2 is 1.83 bits per heavy atom. The Labute approximate surface area is 143 Å². The maximum Gasteiger partial charge on any atom is 0.222 e. The fourth-order valence-electron chi connectivity index (χ4n) is 2.57. The molecule has 3 N–H and O–H groups in total. The Morgan fingerprint density at radius 1 is 1.12 bits per heavy atom. The molecule has 1 unspecified atom stereocenters. The first-order chi connectivity index (χ1) is 11.7. The first kappa shape index (κ1) is 16.5. The Morgan fingerprint density at radius 3 is 2.58 bits per heavy atom. The molecule has 1 saturated carbocycles. The maximum atomic E-state index is 12.2. The number of benzene rings is 2. The van der Waals surface area contributed by atoms with Gasteiger partial charge in [0.15, 0.2) is 0 Å². The number of hydrogen-bond acceptors (Lipinski definition) is 3. The van der Waals surface area contributed by atoms with Crippen molar-refractivity contribution < 1.29 is 9.53 Å². The van der Waals surface area contributed by atoms with Gasteiger partial charge in [-0.1, -0.05) is 48.5 Å². The van der Waals surface area contributed by atoms with Crippen molar-refractivity contribution >= 4 is 5.91 Å². The number of ether oxygens (including phenoxy) is 1. The van der Waals surface area contributed by atoms with Crippen LogP contribution in [-0.2, 0) is 11.3 Å². The van der Waals surface area contributed by atoms with Gasteiger partial charge < -0.3 is 15.8 Å². The summed E-state index contributed by atoms with van der Waals surface area (Å²) in [5.41, 5.74) is 8.07. The van der Waals surface area contributed by atoms with Gasteiger partial charge in [0.2, 0.25) is 5.91 Å². The van der Waals surface area contributed by atoms with E-state index in [0.29, 0.717) is 12.5 Å². The van der Waals surface area contributed by atoms with E-state index in [-0.39, 0.29) is 18.4 Å². The highest BCUT2D eigenvalue weighted by Crippen LogP contribution is 2.30. The number of nitrogens with one attached hydrogen (secondary N) is 1. The lowest BCUT2D eigenvalue weighted by molar-refractivity contribution is -0.121. The summed E-state index contributed by atoms with van der Waals surface area (Å²) in [6.45, 7) is 1.23. The molecule has 0 aliphatic heterocycles. The fourth-order valence-corrected chi connectivity index (χ4v) is 2.57. The van der Waals surface area contributed by atoms with Gasteiger partial charge in [-0.3, -0.25) is 4.79 Å². The largest absolute Gasteiger partial charge is 0.493 e. The molecule has 0 spiro atoms. The molecule has 24 heavy (non-hydrogen) atoms. The summed E-state index contributed by atoms with van der Waals surface area (Å²) in [5, 5.41) is 2.94. The minimum absolute atomic E-state index is 0.0525. The van der Waals surface area contributed by atoms with Crippen LogP contribution in [0.4, 0.5) is 0 Å². The van der Waals surface area contributed by atoms with Crippen LogP contribution in [0, 0.1) is 5.92 Å². The van der Waals surface area contributed by atoms with Gasteiger partial charge in [-0.25, -0.2) is 0 Å². The maximum absolute atomic E-state index is 12.2. The van der Waals surface area contributed by atoms with Crippen molar-refractivity contribution in [1.29, 1.82) is 0 Å². The van der Waals surface area contributed by atoms with Gasteiger partial charge in [-0.05, 0) is 30.4 Å². The van der Waals surface area contributed by atoms with Crippen molar-refractivity contribution in [2.24, 2.45) is 11.7 Å². The number of carbonyl (C=O) groups excluding carboxylic acids is 1. The van der Waals surface area contributed by atoms with Crippen molar-refractivity contribution in [2.75, 3.05) is 6.61 Å². The van der Waals surface area contributed by atoms with Crippen LogP contribution < -0.4 is 15.8 Å². The first-order valence-corrected chi connectivity index (χ1v) is 8.50. The molecular weight excluding hydrogens is 300 g/mol. The smallest absolute Gasteiger partial charge is 0.222 e. The average Bonchev–Trinajstić information content (AvgIpc) is 3.44. The highest BCUT2D eigenvalue weighted by atomic mass is 16.5. The second-order valence-electron chi connectivity index (χ2n) is 6.36. The lowest BCUT2D eigenvalue weighted by Crippen LogP contribution is -2.27. The summed E-state index contributed by atoms with van der Waals surface area (Å²) < 4.78 is 5.87. The van der Waals surface area contributed by atoms with Crippen molar-refractivity contribution in [3.63, 3.8) is 0 Å². The highest BCUT2D eigenvalue weighted by molar-refractivity contribution is 5.76. The Bertz CT molecular complexity index is 668. The van der Waals surface area contributed by atoms with Gasteiger partial charge in [-0.15, -0.1) is 0 Å². The minimum atomic E-state index is -0.285. The normalized spacial score (nSPS) is 14.9. The van der Waals surface area contributed by atoms with Crippen LogP contribution in [0.2, 0.25) is 0 Å². The summed E-state index contributed by atoms with van der Waals surface area (Å²) in [5.74, 6) is 1.51. The van der Waals surface area contributed by atoms with Crippen molar-refractivity contribution in [3.05, 3.63) is 65.7 Å². The summed E-state index contributed by atoms with van der Waals surface area (Å²) in [4.78, 5) is 12.2. The van der Waals surface area contributed by atoms with Crippen LogP contribution >= 0.6 is 0 Å². The van der Waals surface area contributed by atoms with E-state index < -0.39 is 0 Å². The van der Waals surface area contributed by atoms with E-state index in [9.17, 15) is 4.79 Å². The van der Waals surface area contributed by atoms with Crippen LogP contribution in [0.15, 0.2) is 54.6 Å². The SMILES string of the molecule is NC(CC(=O)NCc1ccccc1OCC1CC1)c1ccccc1. The third-order valence-corrected chi connectivity index (χ3v) is 4.25. The molecule has 1 amide bonds. The van der Waals surface area contributed by atoms with E-state index in [2.05, 4.69) is 5.32 Å². The molecule has 0 radical (unpaired) electrons. The predicted octanol–water partition coefficient (Wildman–Crippen LogP) is 3.18. The molecule has 1 aliphatic rings. The Hall–Kier alpha value is -2.33. The third kappa shape index (κ3) is 4.83. The zero-order chi connectivity index (χ0) is 16.8. The van der Waals surface area contributed by atoms with Crippen LogP contribution in [0.25, 0.3) is 0 Å². The zero-order valence-corrected chi connectivity index (χ0v) is 13.8. The molecule has 4 heteroatoms. The van der Waals surface area contributed by atoms with Gasteiger partial charge in [0.25, 0.3) is 0 Å². The Balaban J connectivity index is 1.50. The van der Waals surface area contributed by atoms with Gasteiger partial charge in [-0.2, -0.15) is 0 Å². The van der Waals surface area contributed by atoms with Crippen LogP contribution in [0.1, 0.15) is 36.4 Å². The van der Waals surface area contributed by atoms with E-state index in [4.69, 9.17) is 10.5 Å². The molecule has 1 atom stereocenters. The highest BCUT2D eigenvalue weighted by Gasteiger charge is 2.22. The monoisotopic (exact) mass is 324 g/mol. The van der Waals surface area contributed by atoms with Crippen LogP contribution in [0.3, 0.4) is 0 Å².